The summed E-state index contributed by atoms with van der Waals surface area (Å²) in [6.45, 7) is 2.54. The summed E-state index contributed by atoms with van der Waals surface area (Å²) in [4.78, 5) is 22.2. The number of hydrogen-bond acceptors (Lipinski definition) is 3. The number of nitrogens with one attached hydrogen (secondary N) is 2. The number of nitrogens with two attached hydrogens (primary N) is 1. The summed E-state index contributed by atoms with van der Waals surface area (Å²) in [6.07, 6.45) is -4.67. The molecule has 1 rings (SSSR count). The van der Waals surface area contributed by atoms with Crippen LogP contribution >= 0.6 is 0 Å². The van der Waals surface area contributed by atoms with Crippen LogP contribution in [-0.4, -0.2) is 17.9 Å². The summed E-state index contributed by atoms with van der Waals surface area (Å²) >= 11 is 0. The van der Waals surface area contributed by atoms with Crippen molar-refractivity contribution in [2.75, 3.05) is 10.6 Å². The molecule has 0 saturated heterocycles. The zero-order chi connectivity index (χ0) is 15.5. The van der Waals surface area contributed by atoms with Crippen LogP contribution in [0.3, 0.4) is 0 Å². The van der Waals surface area contributed by atoms with E-state index in [9.17, 15) is 22.8 Å². The molecule has 0 radical (unpaired) electrons. The van der Waals surface area contributed by atoms with Gasteiger partial charge < -0.3 is 16.4 Å². The van der Waals surface area contributed by atoms with Crippen LogP contribution in [0.25, 0.3) is 0 Å². The van der Waals surface area contributed by atoms with Crippen molar-refractivity contribution in [1.82, 2.24) is 0 Å². The van der Waals surface area contributed by atoms with E-state index >= 15 is 0 Å². The van der Waals surface area contributed by atoms with Gasteiger partial charge in [-0.15, -0.1) is 0 Å². The summed E-state index contributed by atoms with van der Waals surface area (Å²) in [6, 6.07) is 2.13. The van der Waals surface area contributed by atoms with Crippen molar-refractivity contribution in [3.05, 3.63) is 23.8 Å². The topological polar surface area (TPSA) is 84.2 Å². The fraction of sp³-hybridized carbons (Fsp3) is 0.333. The van der Waals surface area contributed by atoms with Gasteiger partial charge in [-0.3, -0.25) is 9.59 Å². The molecule has 0 spiro atoms. The number of benzene rings is 1. The predicted octanol–water partition coefficient (Wildman–Crippen LogP) is 1.95. The molecule has 4 N–H and O–H groups in total. The SMILES string of the molecule is CC(=O)Nc1ccc(NC(=O)C(C)N)c(C(F)(F)F)c1. The minimum absolute atomic E-state index is 0.0105. The zero-order valence-corrected chi connectivity index (χ0v) is 10.8. The molecule has 2 amide bonds. The fourth-order valence-electron chi connectivity index (χ4n) is 1.42. The lowest BCUT2D eigenvalue weighted by Crippen LogP contribution is -2.33. The van der Waals surface area contributed by atoms with Crippen LogP contribution in [0.2, 0.25) is 0 Å². The smallest absolute Gasteiger partial charge is 0.326 e. The molecule has 1 aromatic rings. The van der Waals surface area contributed by atoms with Crippen LogP contribution < -0.4 is 16.4 Å². The average molecular weight is 289 g/mol. The summed E-state index contributed by atoms with van der Waals surface area (Å²) in [5.41, 5.74) is 3.81. The third-order valence-corrected chi connectivity index (χ3v) is 2.32. The van der Waals surface area contributed by atoms with Gasteiger partial charge in [0, 0.05) is 12.6 Å². The Morgan fingerprint density at radius 2 is 1.85 bits per heavy atom. The van der Waals surface area contributed by atoms with Crippen LogP contribution in [0.1, 0.15) is 19.4 Å². The second kappa shape index (κ2) is 5.91. The molecule has 1 atom stereocenters. The Morgan fingerprint density at radius 3 is 2.30 bits per heavy atom. The third kappa shape index (κ3) is 4.23. The quantitative estimate of drug-likeness (QED) is 0.795. The number of hydrogen-bond donors (Lipinski definition) is 3. The van der Waals surface area contributed by atoms with Gasteiger partial charge in [0.2, 0.25) is 11.8 Å². The number of rotatable bonds is 3. The first kappa shape index (κ1) is 16.0. The van der Waals surface area contributed by atoms with Gasteiger partial charge in [-0.05, 0) is 25.1 Å². The molecule has 0 aromatic heterocycles. The first-order valence-electron chi connectivity index (χ1n) is 5.66. The van der Waals surface area contributed by atoms with Gasteiger partial charge in [0.05, 0.1) is 17.3 Å². The number of carbonyl (C=O) groups is 2. The molecule has 0 fully saturated rings. The Balaban J connectivity index is 3.17. The largest absolute Gasteiger partial charge is 0.418 e. The third-order valence-electron chi connectivity index (χ3n) is 2.32. The highest BCUT2D eigenvalue weighted by Gasteiger charge is 2.34. The molecular weight excluding hydrogens is 275 g/mol. The van der Waals surface area contributed by atoms with Crippen molar-refractivity contribution in [2.24, 2.45) is 5.73 Å². The Bertz CT molecular complexity index is 527. The summed E-state index contributed by atoms with van der Waals surface area (Å²) in [7, 11) is 0. The van der Waals surface area contributed by atoms with Gasteiger partial charge in [-0.25, -0.2) is 0 Å². The van der Waals surface area contributed by atoms with Crippen molar-refractivity contribution in [3.63, 3.8) is 0 Å². The first-order chi connectivity index (χ1) is 9.11. The van der Waals surface area contributed by atoms with Crippen molar-refractivity contribution in [2.45, 2.75) is 26.1 Å². The molecular formula is C12H14F3N3O2. The minimum atomic E-state index is -4.67. The zero-order valence-electron chi connectivity index (χ0n) is 10.8. The first-order valence-corrected chi connectivity index (χ1v) is 5.66. The Hall–Kier alpha value is -2.09. The number of anilines is 2. The molecule has 0 bridgehead atoms. The molecule has 110 valence electrons. The highest BCUT2D eigenvalue weighted by atomic mass is 19.4. The lowest BCUT2D eigenvalue weighted by Gasteiger charge is -2.16. The molecule has 5 nitrogen and oxygen atoms in total. The fourth-order valence-corrected chi connectivity index (χ4v) is 1.42. The molecule has 0 heterocycles. The summed E-state index contributed by atoms with van der Waals surface area (Å²) < 4.78 is 38.8. The minimum Gasteiger partial charge on any atom is -0.326 e. The van der Waals surface area contributed by atoms with Crippen LogP contribution in [0, 0.1) is 0 Å². The van der Waals surface area contributed by atoms with E-state index in [2.05, 4.69) is 10.6 Å². The van der Waals surface area contributed by atoms with Crippen molar-refractivity contribution >= 4 is 23.2 Å². The van der Waals surface area contributed by atoms with Crippen LogP contribution in [0.5, 0.6) is 0 Å². The predicted molar refractivity (Wildman–Crippen MR) is 68.0 cm³/mol. The van der Waals surface area contributed by atoms with E-state index in [1.165, 1.54) is 19.9 Å². The maximum absolute atomic E-state index is 12.9. The number of alkyl halides is 3. The lowest BCUT2D eigenvalue weighted by molar-refractivity contribution is -0.137. The van der Waals surface area contributed by atoms with Crippen molar-refractivity contribution < 1.29 is 22.8 Å². The van der Waals surface area contributed by atoms with E-state index in [1.54, 1.807) is 0 Å². The van der Waals surface area contributed by atoms with E-state index in [-0.39, 0.29) is 5.69 Å². The number of halogens is 3. The highest BCUT2D eigenvalue weighted by Crippen LogP contribution is 2.36. The maximum Gasteiger partial charge on any atom is 0.418 e. The lowest BCUT2D eigenvalue weighted by atomic mass is 10.1. The molecule has 1 aromatic carbocycles. The molecule has 0 aliphatic carbocycles. The molecule has 8 heteroatoms. The van der Waals surface area contributed by atoms with Gasteiger partial charge in [-0.1, -0.05) is 0 Å². The van der Waals surface area contributed by atoms with E-state index in [0.717, 1.165) is 12.1 Å². The number of amides is 2. The van der Waals surface area contributed by atoms with E-state index in [1.807, 2.05) is 0 Å². The van der Waals surface area contributed by atoms with E-state index in [0.29, 0.717) is 0 Å². The van der Waals surface area contributed by atoms with E-state index < -0.39 is 35.3 Å². The Morgan fingerprint density at radius 1 is 1.25 bits per heavy atom. The van der Waals surface area contributed by atoms with Crippen molar-refractivity contribution in [3.8, 4) is 0 Å². The number of carbonyl (C=O) groups excluding carboxylic acids is 2. The Labute approximate surface area is 113 Å². The highest BCUT2D eigenvalue weighted by molar-refractivity contribution is 5.96. The molecule has 0 saturated carbocycles. The van der Waals surface area contributed by atoms with Crippen LogP contribution in [0.4, 0.5) is 24.5 Å². The Kier molecular flexibility index (Phi) is 4.72. The standard InChI is InChI=1S/C12H14F3N3O2/c1-6(16)11(20)18-10-4-3-8(17-7(2)19)5-9(10)12(13,14)15/h3-6H,16H2,1-2H3,(H,17,19)(H,18,20). The van der Waals surface area contributed by atoms with Gasteiger partial charge in [-0.2, -0.15) is 13.2 Å². The van der Waals surface area contributed by atoms with Crippen LogP contribution in [0.15, 0.2) is 18.2 Å². The molecule has 20 heavy (non-hydrogen) atoms. The summed E-state index contributed by atoms with van der Waals surface area (Å²) in [5, 5.41) is 4.34. The molecule has 0 aliphatic heterocycles. The average Bonchev–Trinajstić information content (AvgIpc) is 2.28. The monoisotopic (exact) mass is 289 g/mol. The second-order valence-corrected chi connectivity index (χ2v) is 4.22. The van der Waals surface area contributed by atoms with Gasteiger partial charge in [0.15, 0.2) is 0 Å². The normalized spacial score (nSPS) is 12.7. The van der Waals surface area contributed by atoms with Gasteiger partial charge >= 0.3 is 6.18 Å². The maximum atomic E-state index is 12.9. The van der Waals surface area contributed by atoms with E-state index in [4.69, 9.17) is 5.73 Å². The van der Waals surface area contributed by atoms with Gasteiger partial charge in [0.25, 0.3) is 0 Å². The summed E-state index contributed by atoms with van der Waals surface area (Å²) in [5.74, 6) is -1.23. The molecule has 1 unspecified atom stereocenters. The van der Waals surface area contributed by atoms with Crippen molar-refractivity contribution in [1.29, 1.82) is 0 Å². The molecule has 0 aliphatic rings. The second-order valence-electron chi connectivity index (χ2n) is 4.22. The van der Waals surface area contributed by atoms with Gasteiger partial charge in [0.1, 0.15) is 0 Å². The van der Waals surface area contributed by atoms with Crippen LogP contribution in [-0.2, 0) is 15.8 Å².